The summed E-state index contributed by atoms with van der Waals surface area (Å²) >= 11 is 0. The predicted molar refractivity (Wildman–Crippen MR) is 70.7 cm³/mol. The summed E-state index contributed by atoms with van der Waals surface area (Å²) in [7, 11) is 0. The topological polar surface area (TPSA) is 68.0 Å². The third-order valence-corrected chi connectivity index (χ3v) is 2.93. The Morgan fingerprint density at radius 2 is 1.90 bits per heavy atom. The molecule has 2 rings (SSSR count). The molecule has 0 aliphatic heterocycles. The van der Waals surface area contributed by atoms with E-state index in [4.69, 9.17) is 5.11 Å². The molecule has 0 aliphatic carbocycles. The van der Waals surface area contributed by atoms with Gasteiger partial charge in [-0.15, -0.1) is 5.10 Å². The minimum absolute atomic E-state index is 0.136. The van der Waals surface area contributed by atoms with Crippen LogP contribution in [-0.2, 0) is 17.8 Å². The maximum Gasteiger partial charge on any atom is 0.303 e. The lowest BCUT2D eigenvalue weighted by Gasteiger charge is -2.01. The zero-order valence-electron chi connectivity index (χ0n) is 11.3. The van der Waals surface area contributed by atoms with Gasteiger partial charge in [0.25, 0.3) is 0 Å². The number of hydrogen-bond donors (Lipinski definition) is 1. The zero-order valence-corrected chi connectivity index (χ0v) is 11.3. The van der Waals surface area contributed by atoms with Gasteiger partial charge in [0.15, 0.2) is 0 Å². The van der Waals surface area contributed by atoms with Gasteiger partial charge in [-0.05, 0) is 37.0 Å². The molecule has 0 aliphatic rings. The third kappa shape index (κ3) is 4.94. The van der Waals surface area contributed by atoms with E-state index in [1.807, 2.05) is 0 Å². The molecule has 1 aromatic carbocycles. The van der Waals surface area contributed by atoms with Gasteiger partial charge in [-0.1, -0.05) is 5.21 Å². The molecule has 1 aromatic heterocycles. The number of nitrogens with zero attached hydrogens (tertiary/aromatic N) is 3. The Morgan fingerprint density at radius 1 is 1.19 bits per heavy atom. The van der Waals surface area contributed by atoms with Crippen LogP contribution in [0.4, 0.5) is 8.78 Å². The zero-order chi connectivity index (χ0) is 15.2. The monoisotopic (exact) mass is 295 g/mol. The van der Waals surface area contributed by atoms with E-state index in [2.05, 4.69) is 10.3 Å². The molecule has 1 N–H and O–H groups in total. The summed E-state index contributed by atoms with van der Waals surface area (Å²) in [5.74, 6) is -2.06. The molecule has 0 saturated carbocycles. The van der Waals surface area contributed by atoms with Crippen LogP contribution in [0.3, 0.4) is 0 Å². The standard InChI is InChI=1S/C14H15F2N3O2/c15-11-5-10(6-12(16)7-11)8-19-9-13(17-18-19)3-1-2-4-14(20)21/h5-7,9H,1-4,8H2,(H,20,21). The van der Waals surface area contributed by atoms with Crippen molar-refractivity contribution >= 4 is 5.97 Å². The fraction of sp³-hybridized carbons (Fsp3) is 0.357. The summed E-state index contributed by atoms with van der Waals surface area (Å²) in [4.78, 5) is 10.4. The summed E-state index contributed by atoms with van der Waals surface area (Å²) in [5.41, 5.74) is 1.20. The smallest absolute Gasteiger partial charge is 0.303 e. The number of unbranched alkanes of at least 4 members (excludes halogenated alkanes) is 1. The summed E-state index contributed by atoms with van der Waals surface area (Å²) in [6.45, 7) is 0.233. The number of aryl methyl sites for hydroxylation is 1. The van der Waals surface area contributed by atoms with Gasteiger partial charge in [0.1, 0.15) is 11.6 Å². The van der Waals surface area contributed by atoms with Crippen molar-refractivity contribution in [1.29, 1.82) is 0 Å². The van der Waals surface area contributed by atoms with Crippen LogP contribution in [-0.4, -0.2) is 26.1 Å². The Labute approximate surface area is 120 Å². The van der Waals surface area contributed by atoms with E-state index in [0.29, 0.717) is 24.8 Å². The molecule has 2 aromatic rings. The third-order valence-electron chi connectivity index (χ3n) is 2.93. The van der Waals surface area contributed by atoms with E-state index in [1.165, 1.54) is 16.8 Å². The number of aliphatic carboxylic acids is 1. The average molecular weight is 295 g/mol. The second-order valence-corrected chi connectivity index (χ2v) is 4.79. The summed E-state index contributed by atoms with van der Waals surface area (Å²) in [6.07, 6.45) is 3.75. The maximum atomic E-state index is 13.1. The van der Waals surface area contributed by atoms with Gasteiger partial charge in [0.2, 0.25) is 0 Å². The van der Waals surface area contributed by atoms with Crippen LogP contribution in [0.1, 0.15) is 30.5 Å². The molecular formula is C14H15F2N3O2. The quantitative estimate of drug-likeness (QED) is 0.796. The van der Waals surface area contributed by atoms with Crippen LogP contribution < -0.4 is 0 Å². The van der Waals surface area contributed by atoms with Gasteiger partial charge in [0.05, 0.1) is 12.2 Å². The fourth-order valence-corrected chi connectivity index (χ4v) is 2.00. The normalized spacial score (nSPS) is 10.8. The number of halogens is 2. The highest BCUT2D eigenvalue weighted by molar-refractivity contribution is 5.66. The number of aromatic nitrogens is 3. The second kappa shape index (κ2) is 6.92. The van der Waals surface area contributed by atoms with Crippen molar-refractivity contribution < 1.29 is 18.7 Å². The molecule has 0 spiro atoms. The Kier molecular flexibility index (Phi) is 4.97. The SMILES string of the molecule is O=C(O)CCCCc1cn(Cc2cc(F)cc(F)c2)nn1. The Hall–Kier alpha value is -2.31. The molecule has 112 valence electrons. The molecule has 0 radical (unpaired) electrons. The molecular weight excluding hydrogens is 280 g/mol. The lowest BCUT2D eigenvalue weighted by molar-refractivity contribution is -0.137. The number of rotatable bonds is 7. The lowest BCUT2D eigenvalue weighted by Crippen LogP contribution is -2.01. The van der Waals surface area contributed by atoms with Gasteiger partial charge in [-0.25, -0.2) is 13.5 Å². The van der Waals surface area contributed by atoms with E-state index in [-0.39, 0.29) is 13.0 Å². The second-order valence-electron chi connectivity index (χ2n) is 4.79. The first-order chi connectivity index (χ1) is 10.0. The number of hydrogen-bond acceptors (Lipinski definition) is 3. The average Bonchev–Trinajstić information content (AvgIpc) is 2.81. The van der Waals surface area contributed by atoms with Crippen molar-refractivity contribution in [2.75, 3.05) is 0 Å². The van der Waals surface area contributed by atoms with Crippen molar-refractivity contribution in [2.45, 2.75) is 32.2 Å². The van der Waals surface area contributed by atoms with E-state index in [9.17, 15) is 13.6 Å². The summed E-state index contributed by atoms with van der Waals surface area (Å²) in [5, 5.41) is 16.4. The molecule has 0 bridgehead atoms. The molecule has 0 saturated heterocycles. The molecule has 0 atom stereocenters. The molecule has 1 heterocycles. The van der Waals surface area contributed by atoms with Crippen molar-refractivity contribution in [3.8, 4) is 0 Å². The lowest BCUT2D eigenvalue weighted by atomic mass is 10.1. The number of benzene rings is 1. The number of carboxylic acids is 1. The van der Waals surface area contributed by atoms with E-state index in [0.717, 1.165) is 11.8 Å². The van der Waals surface area contributed by atoms with Crippen LogP contribution in [0.5, 0.6) is 0 Å². The first kappa shape index (κ1) is 15.1. The Morgan fingerprint density at radius 3 is 2.57 bits per heavy atom. The molecule has 7 heteroatoms. The van der Waals surface area contributed by atoms with Crippen LogP contribution in [0.15, 0.2) is 24.4 Å². The fourth-order valence-electron chi connectivity index (χ4n) is 2.00. The van der Waals surface area contributed by atoms with E-state index >= 15 is 0 Å². The molecule has 21 heavy (non-hydrogen) atoms. The predicted octanol–water partition coefficient (Wildman–Crippen LogP) is 2.40. The van der Waals surface area contributed by atoms with Crippen LogP contribution in [0, 0.1) is 11.6 Å². The number of carboxylic acid groups (broad SMARTS) is 1. The summed E-state index contributed by atoms with van der Waals surface area (Å²) < 4.78 is 27.6. The van der Waals surface area contributed by atoms with Gasteiger partial charge < -0.3 is 5.11 Å². The van der Waals surface area contributed by atoms with Gasteiger partial charge in [-0.2, -0.15) is 0 Å². The van der Waals surface area contributed by atoms with Crippen molar-refractivity contribution in [3.63, 3.8) is 0 Å². The summed E-state index contributed by atoms with van der Waals surface area (Å²) in [6, 6.07) is 3.31. The minimum Gasteiger partial charge on any atom is -0.481 e. The molecule has 5 nitrogen and oxygen atoms in total. The minimum atomic E-state index is -0.813. The van der Waals surface area contributed by atoms with Gasteiger partial charge in [0, 0.05) is 18.7 Å². The van der Waals surface area contributed by atoms with E-state index in [1.54, 1.807) is 6.20 Å². The van der Waals surface area contributed by atoms with E-state index < -0.39 is 17.6 Å². The maximum absolute atomic E-state index is 13.1. The molecule has 0 amide bonds. The Balaban J connectivity index is 1.89. The molecule has 0 fully saturated rings. The van der Waals surface area contributed by atoms with Crippen LogP contribution >= 0.6 is 0 Å². The highest BCUT2D eigenvalue weighted by atomic mass is 19.1. The van der Waals surface area contributed by atoms with Crippen molar-refractivity contribution in [2.24, 2.45) is 0 Å². The highest BCUT2D eigenvalue weighted by Gasteiger charge is 2.05. The van der Waals surface area contributed by atoms with Crippen LogP contribution in [0.2, 0.25) is 0 Å². The first-order valence-corrected chi connectivity index (χ1v) is 6.59. The largest absolute Gasteiger partial charge is 0.481 e. The highest BCUT2D eigenvalue weighted by Crippen LogP contribution is 2.10. The van der Waals surface area contributed by atoms with Gasteiger partial charge in [-0.3, -0.25) is 4.79 Å². The number of carbonyl (C=O) groups is 1. The van der Waals surface area contributed by atoms with Crippen molar-refractivity contribution in [3.05, 3.63) is 47.3 Å². The first-order valence-electron chi connectivity index (χ1n) is 6.59. The van der Waals surface area contributed by atoms with Gasteiger partial charge >= 0.3 is 5.97 Å². The Bertz CT molecular complexity index is 608. The molecule has 0 unspecified atom stereocenters. The van der Waals surface area contributed by atoms with Crippen molar-refractivity contribution in [1.82, 2.24) is 15.0 Å². The van der Waals surface area contributed by atoms with Crippen LogP contribution in [0.25, 0.3) is 0 Å².